The molecule has 1 saturated heterocycles. The van der Waals surface area contributed by atoms with E-state index in [1.54, 1.807) is 42.9 Å². The van der Waals surface area contributed by atoms with E-state index < -0.39 is 23.4 Å². The molecule has 3 unspecified atom stereocenters. The van der Waals surface area contributed by atoms with Gasteiger partial charge >= 0.3 is 0 Å². The van der Waals surface area contributed by atoms with Gasteiger partial charge in [-0.2, -0.15) is 10.5 Å². The normalized spacial score (nSPS) is 22.6. The molecule has 148 valence electrons. The fraction of sp³-hybridized carbons (Fsp3) is 0.160. The van der Waals surface area contributed by atoms with Gasteiger partial charge in [0.2, 0.25) is 0 Å². The fourth-order valence-corrected chi connectivity index (χ4v) is 4.82. The topological polar surface area (TPSA) is 93.7 Å². The predicted octanol–water partition coefficient (Wildman–Crippen LogP) is 3.76. The van der Waals surface area contributed by atoms with Gasteiger partial charge in [0.1, 0.15) is 6.04 Å². The molecule has 2 aliphatic heterocycles. The first-order valence-corrected chi connectivity index (χ1v) is 9.94. The van der Waals surface area contributed by atoms with Gasteiger partial charge in [-0.1, -0.05) is 42.5 Å². The Balaban J connectivity index is 1.79. The Morgan fingerprint density at radius 3 is 2.48 bits per heavy atom. The third-order valence-corrected chi connectivity index (χ3v) is 6.14. The van der Waals surface area contributed by atoms with E-state index in [0.29, 0.717) is 16.8 Å². The van der Waals surface area contributed by atoms with Gasteiger partial charge in [0.15, 0.2) is 11.2 Å². The minimum absolute atomic E-state index is 0.142. The van der Waals surface area contributed by atoms with Crippen molar-refractivity contribution in [3.63, 3.8) is 0 Å². The van der Waals surface area contributed by atoms with Gasteiger partial charge in [0.25, 0.3) is 0 Å². The minimum Gasteiger partial charge on any atom is -0.349 e. The maximum Gasteiger partial charge on any atom is 0.185 e. The summed E-state index contributed by atoms with van der Waals surface area (Å²) in [6.45, 7) is 0. The highest BCUT2D eigenvalue weighted by Gasteiger charge is 2.63. The number of rotatable bonds is 3. The second kappa shape index (κ2) is 7.19. The summed E-state index contributed by atoms with van der Waals surface area (Å²) < 4.78 is 0. The van der Waals surface area contributed by atoms with Gasteiger partial charge in [-0.25, -0.2) is 0 Å². The van der Waals surface area contributed by atoms with Gasteiger partial charge in [0, 0.05) is 30.1 Å². The third-order valence-electron chi connectivity index (χ3n) is 6.14. The number of nitrogens with zero attached hydrogens (tertiary/aromatic N) is 5. The molecule has 6 nitrogen and oxygen atoms in total. The smallest absolute Gasteiger partial charge is 0.185 e. The number of nitriles is 2. The van der Waals surface area contributed by atoms with E-state index >= 15 is 0 Å². The molecule has 0 bridgehead atoms. The molecule has 2 aromatic heterocycles. The van der Waals surface area contributed by atoms with E-state index in [2.05, 4.69) is 22.1 Å². The lowest BCUT2D eigenvalue weighted by molar-refractivity contribution is 0.0951. The SMILES string of the molecule is N#CC1(C#N)C(c2cccnc2)C(C(=O)c2ccccc2)N2c3cccnc3C=CC21. The number of fused-ring (bicyclic) bond motifs is 3. The van der Waals surface area contributed by atoms with Crippen molar-refractivity contribution < 1.29 is 4.79 Å². The van der Waals surface area contributed by atoms with Crippen molar-refractivity contribution in [2.45, 2.75) is 18.0 Å². The highest BCUT2D eigenvalue weighted by atomic mass is 16.1. The molecule has 0 saturated carbocycles. The number of hydrogen-bond donors (Lipinski definition) is 0. The molecule has 2 aliphatic rings. The Hall–Kier alpha value is -4.29. The first-order chi connectivity index (χ1) is 15.2. The molecular formula is C25H17N5O. The largest absolute Gasteiger partial charge is 0.349 e. The van der Waals surface area contributed by atoms with Crippen molar-refractivity contribution in [2.75, 3.05) is 4.90 Å². The van der Waals surface area contributed by atoms with Crippen LogP contribution in [0.2, 0.25) is 0 Å². The summed E-state index contributed by atoms with van der Waals surface area (Å²) in [5.74, 6) is -0.832. The summed E-state index contributed by atoms with van der Waals surface area (Å²) in [5.41, 5.74) is 1.20. The average Bonchev–Trinajstić information content (AvgIpc) is 3.15. The predicted molar refractivity (Wildman–Crippen MR) is 115 cm³/mol. The van der Waals surface area contributed by atoms with Gasteiger partial charge in [-0.3, -0.25) is 14.8 Å². The number of carbonyl (C=O) groups is 1. The lowest BCUT2D eigenvalue weighted by Crippen LogP contribution is -2.44. The Labute approximate surface area is 179 Å². The van der Waals surface area contributed by atoms with Crippen LogP contribution in [0.5, 0.6) is 0 Å². The van der Waals surface area contributed by atoms with E-state index in [9.17, 15) is 15.3 Å². The highest BCUT2D eigenvalue weighted by Crippen LogP contribution is 2.55. The van der Waals surface area contributed by atoms with Crippen LogP contribution in [0.1, 0.15) is 27.5 Å². The molecule has 0 amide bonds. The number of aromatic nitrogens is 2. The number of pyridine rings is 2. The minimum atomic E-state index is -1.47. The molecule has 5 rings (SSSR count). The Morgan fingerprint density at radius 2 is 1.77 bits per heavy atom. The van der Waals surface area contributed by atoms with Crippen LogP contribution in [-0.4, -0.2) is 27.8 Å². The van der Waals surface area contributed by atoms with Crippen molar-refractivity contribution in [3.8, 4) is 12.1 Å². The Kier molecular flexibility index (Phi) is 4.34. The summed E-state index contributed by atoms with van der Waals surface area (Å²) >= 11 is 0. The standard InChI is InChI=1S/C25H17N5O/c26-15-25(16-27)21-11-10-19-20(9-5-13-29-19)30(21)23(22(25)18-8-4-12-28-14-18)24(31)17-6-2-1-3-7-17/h1-14,21-23H. The van der Waals surface area contributed by atoms with Crippen LogP contribution in [-0.2, 0) is 0 Å². The average molecular weight is 403 g/mol. The summed E-state index contributed by atoms with van der Waals surface area (Å²) in [6, 6.07) is 19.5. The van der Waals surface area contributed by atoms with Crippen LogP contribution < -0.4 is 4.90 Å². The number of hydrogen-bond acceptors (Lipinski definition) is 6. The third kappa shape index (κ3) is 2.66. The quantitative estimate of drug-likeness (QED) is 0.618. The van der Waals surface area contributed by atoms with Gasteiger partial charge in [-0.15, -0.1) is 0 Å². The van der Waals surface area contributed by atoms with Crippen molar-refractivity contribution in [2.24, 2.45) is 5.41 Å². The first kappa shape index (κ1) is 18.7. The van der Waals surface area contributed by atoms with Crippen LogP contribution in [0, 0.1) is 28.1 Å². The molecule has 0 radical (unpaired) electrons. The summed E-state index contributed by atoms with van der Waals surface area (Å²) in [5, 5.41) is 20.6. The summed E-state index contributed by atoms with van der Waals surface area (Å²) in [7, 11) is 0. The molecule has 0 spiro atoms. The molecule has 4 heterocycles. The number of ketones is 1. The van der Waals surface area contributed by atoms with Crippen LogP contribution in [0.4, 0.5) is 5.69 Å². The highest BCUT2D eigenvalue weighted by molar-refractivity contribution is 6.04. The van der Waals surface area contributed by atoms with Crippen LogP contribution >= 0.6 is 0 Å². The van der Waals surface area contributed by atoms with Crippen molar-refractivity contribution in [3.05, 3.63) is 96.1 Å². The second-order valence-electron chi connectivity index (χ2n) is 7.65. The fourth-order valence-electron chi connectivity index (χ4n) is 4.82. The molecule has 6 heteroatoms. The molecular weight excluding hydrogens is 386 g/mol. The zero-order chi connectivity index (χ0) is 21.4. The number of carbonyl (C=O) groups excluding carboxylic acids is 1. The number of Topliss-reactive ketones (excluding diaryl/α,β-unsaturated/α-hetero) is 1. The maximum atomic E-state index is 13.9. The van der Waals surface area contributed by atoms with Crippen LogP contribution in [0.15, 0.2) is 79.3 Å². The molecule has 31 heavy (non-hydrogen) atoms. The molecule has 0 N–H and O–H groups in total. The van der Waals surface area contributed by atoms with Crippen LogP contribution in [0.3, 0.4) is 0 Å². The Bertz CT molecular complexity index is 1240. The zero-order valence-electron chi connectivity index (χ0n) is 16.5. The van der Waals surface area contributed by atoms with Gasteiger partial charge in [-0.05, 0) is 29.8 Å². The first-order valence-electron chi connectivity index (χ1n) is 9.94. The molecule has 3 atom stereocenters. The number of benzene rings is 1. The van der Waals surface area contributed by atoms with E-state index in [4.69, 9.17) is 0 Å². The second-order valence-corrected chi connectivity index (χ2v) is 7.65. The van der Waals surface area contributed by atoms with E-state index in [-0.39, 0.29) is 5.78 Å². The lowest BCUT2D eigenvalue weighted by atomic mass is 9.69. The van der Waals surface area contributed by atoms with E-state index in [1.807, 2.05) is 47.4 Å². The zero-order valence-corrected chi connectivity index (χ0v) is 16.5. The van der Waals surface area contributed by atoms with E-state index in [0.717, 1.165) is 5.69 Å². The van der Waals surface area contributed by atoms with Crippen molar-refractivity contribution >= 4 is 17.5 Å². The number of anilines is 1. The maximum absolute atomic E-state index is 13.9. The van der Waals surface area contributed by atoms with Crippen molar-refractivity contribution in [1.82, 2.24) is 9.97 Å². The lowest BCUT2D eigenvalue weighted by Gasteiger charge is -2.34. The summed E-state index contributed by atoms with van der Waals surface area (Å²) in [4.78, 5) is 24.4. The van der Waals surface area contributed by atoms with Crippen LogP contribution in [0.25, 0.3) is 6.08 Å². The molecule has 0 aliphatic carbocycles. The Morgan fingerprint density at radius 1 is 1.00 bits per heavy atom. The van der Waals surface area contributed by atoms with E-state index in [1.165, 1.54) is 0 Å². The molecule has 1 fully saturated rings. The van der Waals surface area contributed by atoms with Gasteiger partial charge in [0.05, 0.1) is 29.6 Å². The van der Waals surface area contributed by atoms with Gasteiger partial charge < -0.3 is 4.90 Å². The monoisotopic (exact) mass is 403 g/mol. The van der Waals surface area contributed by atoms with Crippen molar-refractivity contribution in [1.29, 1.82) is 10.5 Å². The summed E-state index contributed by atoms with van der Waals surface area (Å²) in [6.07, 6.45) is 8.62. The molecule has 3 aromatic rings. The molecule has 1 aromatic carbocycles.